The monoisotopic (exact) mass is 335 g/mol. The number of halogens is 1. The molecule has 0 bridgehead atoms. The van der Waals surface area contributed by atoms with Crippen LogP contribution in [0.15, 0.2) is 0 Å². The van der Waals surface area contributed by atoms with Gasteiger partial charge in [0.15, 0.2) is 0 Å². The van der Waals surface area contributed by atoms with Gasteiger partial charge in [-0.25, -0.2) is 0 Å². The van der Waals surface area contributed by atoms with E-state index in [1.807, 2.05) is 4.90 Å². The van der Waals surface area contributed by atoms with E-state index in [0.29, 0.717) is 31.6 Å². The highest BCUT2D eigenvalue weighted by Crippen LogP contribution is 2.14. The number of hydrogen-bond donors (Lipinski definition) is 1. The Hall–Kier alpha value is -0.400. The van der Waals surface area contributed by atoms with Crippen LogP contribution < -0.4 is 5.32 Å². The lowest BCUT2D eigenvalue weighted by atomic mass is 10.1. The first-order valence-corrected chi connectivity index (χ1v) is 8.11. The molecule has 2 aliphatic rings. The molecule has 0 aromatic rings. The standard InChI is InChI=1S/C15H29N3O3.ClH/c1-20-12-13-21-14-2-7-17(8-3-14)9-4-15(19)18-10-5-16-6-11-18;/h14,16H,2-13H2,1H3;1H. The second-order valence-corrected chi connectivity index (χ2v) is 5.79. The van der Waals surface area contributed by atoms with Crippen LogP contribution >= 0.6 is 12.4 Å². The molecule has 2 rings (SSSR count). The molecule has 1 N–H and O–H groups in total. The summed E-state index contributed by atoms with van der Waals surface area (Å²) >= 11 is 0. The van der Waals surface area contributed by atoms with E-state index in [2.05, 4.69) is 10.2 Å². The van der Waals surface area contributed by atoms with Crippen molar-refractivity contribution < 1.29 is 14.3 Å². The molecule has 0 unspecified atom stereocenters. The minimum Gasteiger partial charge on any atom is -0.382 e. The third-order valence-corrected chi connectivity index (χ3v) is 4.29. The van der Waals surface area contributed by atoms with Crippen LogP contribution in [0.3, 0.4) is 0 Å². The highest BCUT2D eigenvalue weighted by molar-refractivity contribution is 5.85. The summed E-state index contributed by atoms with van der Waals surface area (Å²) in [6, 6.07) is 0. The Morgan fingerprint density at radius 3 is 2.45 bits per heavy atom. The van der Waals surface area contributed by atoms with E-state index in [0.717, 1.165) is 58.7 Å². The molecule has 7 heteroatoms. The zero-order valence-electron chi connectivity index (χ0n) is 13.6. The number of piperidine rings is 1. The molecule has 2 fully saturated rings. The number of nitrogens with one attached hydrogen (secondary N) is 1. The van der Waals surface area contributed by atoms with Crippen LogP contribution in [0.4, 0.5) is 0 Å². The van der Waals surface area contributed by atoms with Crippen molar-refractivity contribution in [2.75, 3.05) is 66.1 Å². The number of ether oxygens (including phenoxy) is 2. The average Bonchev–Trinajstić information content (AvgIpc) is 2.55. The van der Waals surface area contributed by atoms with Crippen LogP contribution in [0.25, 0.3) is 0 Å². The molecule has 0 atom stereocenters. The fourth-order valence-electron chi connectivity index (χ4n) is 2.92. The predicted molar refractivity (Wildman–Crippen MR) is 88.6 cm³/mol. The largest absolute Gasteiger partial charge is 0.382 e. The normalized spacial score (nSPS) is 20.7. The molecule has 2 heterocycles. The predicted octanol–water partition coefficient (Wildman–Crippen LogP) is 0.358. The summed E-state index contributed by atoms with van der Waals surface area (Å²) in [6.07, 6.45) is 3.13. The van der Waals surface area contributed by atoms with Gasteiger partial charge in [0.25, 0.3) is 0 Å². The molecule has 0 radical (unpaired) electrons. The number of piperazine rings is 1. The molecular weight excluding hydrogens is 306 g/mol. The first-order chi connectivity index (χ1) is 10.3. The lowest BCUT2D eigenvalue weighted by molar-refractivity contribution is -0.132. The van der Waals surface area contributed by atoms with Gasteiger partial charge in [-0.2, -0.15) is 0 Å². The maximum absolute atomic E-state index is 12.1. The number of nitrogens with zero attached hydrogens (tertiary/aromatic N) is 2. The Kier molecular flexibility index (Phi) is 9.99. The molecule has 0 aromatic carbocycles. The number of carbonyl (C=O) groups excluding carboxylic acids is 1. The number of amides is 1. The lowest BCUT2D eigenvalue weighted by Crippen LogP contribution is -2.47. The van der Waals surface area contributed by atoms with E-state index in [4.69, 9.17) is 9.47 Å². The van der Waals surface area contributed by atoms with Gasteiger partial charge in [0.1, 0.15) is 0 Å². The first kappa shape index (κ1) is 19.6. The fraction of sp³-hybridized carbons (Fsp3) is 0.933. The van der Waals surface area contributed by atoms with Gasteiger partial charge in [-0.15, -0.1) is 12.4 Å². The molecule has 0 aromatic heterocycles. The van der Waals surface area contributed by atoms with Crippen molar-refractivity contribution in [3.05, 3.63) is 0 Å². The van der Waals surface area contributed by atoms with Crippen LogP contribution in [-0.4, -0.2) is 87.9 Å². The smallest absolute Gasteiger partial charge is 0.223 e. The molecule has 0 aliphatic carbocycles. The van der Waals surface area contributed by atoms with Crippen molar-refractivity contribution in [3.8, 4) is 0 Å². The van der Waals surface area contributed by atoms with Gasteiger partial charge in [-0.1, -0.05) is 0 Å². The fourth-order valence-corrected chi connectivity index (χ4v) is 2.92. The molecule has 2 aliphatic heterocycles. The minimum absolute atomic E-state index is 0. The van der Waals surface area contributed by atoms with Crippen LogP contribution in [0, 0.1) is 0 Å². The van der Waals surface area contributed by atoms with Gasteiger partial charge in [0.2, 0.25) is 5.91 Å². The first-order valence-electron chi connectivity index (χ1n) is 8.11. The van der Waals surface area contributed by atoms with Gasteiger partial charge in [0.05, 0.1) is 19.3 Å². The van der Waals surface area contributed by atoms with E-state index >= 15 is 0 Å². The van der Waals surface area contributed by atoms with Crippen LogP contribution in [0.2, 0.25) is 0 Å². The SMILES string of the molecule is COCCOC1CCN(CCC(=O)N2CCNCC2)CC1.Cl. The van der Waals surface area contributed by atoms with Gasteiger partial charge in [-0.05, 0) is 12.8 Å². The summed E-state index contributed by atoms with van der Waals surface area (Å²) in [5.74, 6) is 0.301. The van der Waals surface area contributed by atoms with E-state index < -0.39 is 0 Å². The molecular formula is C15H30ClN3O3. The Balaban J connectivity index is 0.00000242. The molecule has 130 valence electrons. The summed E-state index contributed by atoms with van der Waals surface area (Å²) in [5.41, 5.74) is 0. The summed E-state index contributed by atoms with van der Waals surface area (Å²) in [6.45, 7) is 7.86. The van der Waals surface area contributed by atoms with Crippen molar-refractivity contribution in [2.24, 2.45) is 0 Å². The Bertz CT molecular complexity index is 306. The highest BCUT2D eigenvalue weighted by Gasteiger charge is 2.21. The summed E-state index contributed by atoms with van der Waals surface area (Å²) in [4.78, 5) is 16.5. The van der Waals surface area contributed by atoms with Gasteiger partial charge in [-0.3, -0.25) is 4.79 Å². The summed E-state index contributed by atoms with van der Waals surface area (Å²) < 4.78 is 10.8. The highest BCUT2D eigenvalue weighted by atomic mass is 35.5. The van der Waals surface area contributed by atoms with Crippen LogP contribution in [-0.2, 0) is 14.3 Å². The van der Waals surface area contributed by atoms with E-state index in [1.54, 1.807) is 7.11 Å². The van der Waals surface area contributed by atoms with Crippen molar-refractivity contribution in [2.45, 2.75) is 25.4 Å². The van der Waals surface area contributed by atoms with Gasteiger partial charge >= 0.3 is 0 Å². The maximum atomic E-state index is 12.1. The van der Waals surface area contributed by atoms with Gasteiger partial charge < -0.3 is 24.6 Å². The van der Waals surface area contributed by atoms with E-state index in [-0.39, 0.29) is 12.4 Å². The van der Waals surface area contributed by atoms with Crippen LogP contribution in [0.5, 0.6) is 0 Å². The third-order valence-electron chi connectivity index (χ3n) is 4.29. The molecule has 0 saturated carbocycles. The number of hydrogen-bond acceptors (Lipinski definition) is 5. The third kappa shape index (κ3) is 6.79. The quantitative estimate of drug-likeness (QED) is 0.681. The Labute approximate surface area is 139 Å². The summed E-state index contributed by atoms with van der Waals surface area (Å²) in [5, 5.41) is 3.27. The minimum atomic E-state index is 0. The topological polar surface area (TPSA) is 54.0 Å². The zero-order chi connectivity index (χ0) is 14.9. The van der Waals surface area contributed by atoms with Gasteiger partial charge in [0, 0.05) is 59.3 Å². The van der Waals surface area contributed by atoms with E-state index in [1.165, 1.54) is 0 Å². The second kappa shape index (κ2) is 11.2. The number of carbonyl (C=O) groups is 1. The number of likely N-dealkylation sites (tertiary alicyclic amines) is 1. The van der Waals surface area contributed by atoms with Crippen molar-refractivity contribution in [1.82, 2.24) is 15.1 Å². The molecule has 2 saturated heterocycles. The van der Waals surface area contributed by atoms with E-state index in [9.17, 15) is 4.79 Å². The number of methoxy groups -OCH3 is 1. The zero-order valence-corrected chi connectivity index (χ0v) is 14.4. The van der Waals surface area contributed by atoms with Crippen molar-refractivity contribution >= 4 is 18.3 Å². The van der Waals surface area contributed by atoms with Crippen molar-refractivity contribution in [1.29, 1.82) is 0 Å². The molecule has 6 nitrogen and oxygen atoms in total. The average molecular weight is 336 g/mol. The molecule has 1 amide bonds. The molecule has 0 spiro atoms. The lowest BCUT2D eigenvalue weighted by Gasteiger charge is -2.33. The Morgan fingerprint density at radius 2 is 1.82 bits per heavy atom. The summed E-state index contributed by atoms with van der Waals surface area (Å²) in [7, 11) is 1.70. The second-order valence-electron chi connectivity index (χ2n) is 5.79. The number of rotatable bonds is 7. The maximum Gasteiger partial charge on any atom is 0.223 e. The molecule has 22 heavy (non-hydrogen) atoms. The van der Waals surface area contributed by atoms with Crippen molar-refractivity contribution in [3.63, 3.8) is 0 Å². The Morgan fingerprint density at radius 1 is 1.14 bits per heavy atom. The van der Waals surface area contributed by atoms with Crippen LogP contribution in [0.1, 0.15) is 19.3 Å².